The number of fused-ring (bicyclic) bond motifs is 2. The second-order valence-electron chi connectivity index (χ2n) is 7.32. The fourth-order valence-electron chi connectivity index (χ4n) is 3.98. The first-order valence-electron chi connectivity index (χ1n) is 9.72. The molecule has 1 amide bonds. The Labute approximate surface area is 153 Å². The highest BCUT2D eigenvalue weighted by Gasteiger charge is 2.16. The number of aryl methyl sites for hydroxylation is 2. The maximum Gasteiger partial charge on any atom is 0.261 e. The van der Waals surface area contributed by atoms with Crippen molar-refractivity contribution in [2.45, 2.75) is 51.4 Å². The molecule has 0 saturated carbocycles. The van der Waals surface area contributed by atoms with E-state index in [1.807, 2.05) is 6.07 Å². The molecule has 4 rings (SSSR count). The van der Waals surface area contributed by atoms with Crippen LogP contribution < -0.4 is 5.32 Å². The number of piperidine rings is 1. The molecule has 0 spiro atoms. The molecule has 2 aromatic rings. The zero-order valence-corrected chi connectivity index (χ0v) is 15.7. The second kappa shape index (κ2) is 7.83. The molecule has 2 aromatic heterocycles. The molecule has 134 valence electrons. The first-order chi connectivity index (χ1) is 12.3. The molecule has 2 aliphatic rings. The summed E-state index contributed by atoms with van der Waals surface area (Å²) in [5.41, 5.74) is 2.62. The molecule has 1 aliphatic heterocycles. The van der Waals surface area contributed by atoms with Crippen molar-refractivity contribution in [1.29, 1.82) is 0 Å². The van der Waals surface area contributed by atoms with Gasteiger partial charge < -0.3 is 10.2 Å². The lowest BCUT2D eigenvalue weighted by Crippen LogP contribution is -2.33. The Morgan fingerprint density at radius 3 is 2.84 bits per heavy atom. The van der Waals surface area contributed by atoms with Crippen LogP contribution >= 0.6 is 11.3 Å². The third kappa shape index (κ3) is 4.04. The third-order valence-corrected chi connectivity index (χ3v) is 6.44. The van der Waals surface area contributed by atoms with E-state index < -0.39 is 0 Å². The number of carbonyl (C=O) groups is 1. The Balaban J connectivity index is 1.33. The molecule has 1 saturated heterocycles. The van der Waals surface area contributed by atoms with E-state index in [1.165, 1.54) is 67.8 Å². The Morgan fingerprint density at radius 1 is 1.12 bits per heavy atom. The van der Waals surface area contributed by atoms with Crippen LogP contribution in [0.2, 0.25) is 0 Å². The lowest BCUT2D eigenvalue weighted by atomic mass is 9.96. The monoisotopic (exact) mass is 357 g/mol. The predicted molar refractivity (Wildman–Crippen MR) is 104 cm³/mol. The normalized spacial score (nSPS) is 18.2. The van der Waals surface area contributed by atoms with E-state index in [4.69, 9.17) is 4.98 Å². The fourth-order valence-corrected chi connectivity index (χ4v) is 4.93. The number of nitrogens with one attached hydrogen (secondary N) is 1. The second-order valence-corrected chi connectivity index (χ2v) is 8.35. The molecule has 0 bridgehead atoms. The van der Waals surface area contributed by atoms with Gasteiger partial charge in [0.1, 0.15) is 4.83 Å². The minimum absolute atomic E-state index is 0.0552. The fraction of sp³-hybridized carbons (Fsp3) is 0.600. The lowest BCUT2D eigenvalue weighted by molar-refractivity contribution is 0.0955. The summed E-state index contributed by atoms with van der Waals surface area (Å²) >= 11 is 1.53. The van der Waals surface area contributed by atoms with Gasteiger partial charge in [-0.3, -0.25) is 4.79 Å². The molecular weight excluding hydrogens is 330 g/mol. The van der Waals surface area contributed by atoms with Crippen LogP contribution in [0.1, 0.15) is 59.5 Å². The highest BCUT2D eigenvalue weighted by Crippen LogP contribution is 2.29. The van der Waals surface area contributed by atoms with Gasteiger partial charge in [-0.15, -0.1) is 11.3 Å². The van der Waals surface area contributed by atoms with Crippen molar-refractivity contribution < 1.29 is 4.79 Å². The van der Waals surface area contributed by atoms with Gasteiger partial charge in [-0.1, -0.05) is 6.42 Å². The highest BCUT2D eigenvalue weighted by atomic mass is 32.1. The van der Waals surface area contributed by atoms with Gasteiger partial charge in [0.15, 0.2) is 0 Å². The smallest absolute Gasteiger partial charge is 0.261 e. The standard InChI is InChI=1S/C20H27N3OS/c24-19(21-9-6-12-23-10-4-1-5-11-23)18-14-16-13-15-7-2-3-8-17(15)22-20(16)25-18/h13-14H,1-12H2,(H,21,24). The molecule has 0 atom stereocenters. The summed E-state index contributed by atoms with van der Waals surface area (Å²) in [7, 11) is 0. The van der Waals surface area contributed by atoms with Gasteiger partial charge in [0.05, 0.1) is 4.88 Å². The number of rotatable bonds is 5. The molecule has 4 nitrogen and oxygen atoms in total. The van der Waals surface area contributed by atoms with Crippen LogP contribution in [-0.2, 0) is 12.8 Å². The van der Waals surface area contributed by atoms with E-state index in [0.29, 0.717) is 0 Å². The Hall–Kier alpha value is -1.46. The molecule has 0 radical (unpaired) electrons. The Morgan fingerprint density at radius 2 is 1.96 bits per heavy atom. The maximum absolute atomic E-state index is 12.4. The van der Waals surface area contributed by atoms with Gasteiger partial charge >= 0.3 is 0 Å². The van der Waals surface area contributed by atoms with Crippen molar-refractivity contribution in [3.8, 4) is 0 Å². The summed E-state index contributed by atoms with van der Waals surface area (Å²) in [6, 6.07) is 4.27. The summed E-state index contributed by atoms with van der Waals surface area (Å²) < 4.78 is 0. The van der Waals surface area contributed by atoms with Crippen LogP contribution in [0.25, 0.3) is 10.2 Å². The first-order valence-corrected chi connectivity index (χ1v) is 10.5. The molecule has 1 fully saturated rings. The van der Waals surface area contributed by atoms with E-state index in [-0.39, 0.29) is 5.91 Å². The van der Waals surface area contributed by atoms with Crippen LogP contribution in [0.3, 0.4) is 0 Å². The SMILES string of the molecule is O=C(NCCCN1CCCCC1)c1cc2cc3c(nc2s1)CCCC3. The number of pyridine rings is 1. The average Bonchev–Trinajstić information content (AvgIpc) is 3.07. The minimum atomic E-state index is 0.0552. The van der Waals surface area contributed by atoms with Crippen LogP contribution in [-0.4, -0.2) is 42.0 Å². The van der Waals surface area contributed by atoms with Crippen molar-refractivity contribution in [2.75, 3.05) is 26.2 Å². The summed E-state index contributed by atoms with van der Waals surface area (Å²) in [6.45, 7) is 4.30. The van der Waals surface area contributed by atoms with Crippen molar-refractivity contribution in [1.82, 2.24) is 15.2 Å². The van der Waals surface area contributed by atoms with Gasteiger partial charge in [0.25, 0.3) is 5.91 Å². The Bertz CT molecular complexity index is 706. The zero-order valence-electron chi connectivity index (χ0n) is 14.9. The summed E-state index contributed by atoms with van der Waals surface area (Å²) in [5.74, 6) is 0.0552. The van der Waals surface area contributed by atoms with Crippen molar-refractivity contribution in [2.24, 2.45) is 0 Å². The quantitative estimate of drug-likeness (QED) is 0.828. The van der Waals surface area contributed by atoms with Crippen LogP contribution in [0.4, 0.5) is 0 Å². The van der Waals surface area contributed by atoms with Gasteiger partial charge in [-0.05, 0) is 82.3 Å². The predicted octanol–water partition coefficient (Wildman–Crippen LogP) is 3.78. The van der Waals surface area contributed by atoms with Crippen LogP contribution in [0.5, 0.6) is 0 Å². The largest absolute Gasteiger partial charge is 0.351 e. The molecule has 1 N–H and O–H groups in total. The van der Waals surface area contributed by atoms with Crippen LogP contribution in [0, 0.1) is 0 Å². The molecule has 0 unspecified atom stereocenters. The molecule has 25 heavy (non-hydrogen) atoms. The summed E-state index contributed by atoms with van der Waals surface area (Å²) in [4.78, 5) is 21.6. The number of nitrogens with zero attached hydrogens (tertiary/aromatic N) is 2. The van der Waals surface area contributed by atoms with Gasteiger partial charge in [-0.2, -0.15) is 0 Å². The molecule has 3 heterocycles. The maximum atomic E-state index is 12.4. The van der Waals surface area contributed by atoms with Gasteiger partial charge in [0, 0.05) is 17.6 Å². The van der Waals surface area contributed by atoms with Crippen molar-refractivity contribution >= 4 is 27.5 Å². The number of aromatic nitrogens is 1. The summed E-state index contributed by atoms with van der Waals surface area (Å²) in [5, 5.41) is 4.21. The number of thiophene rings is 1. The lowest BCUT2D eigenvalue weighted by Gasteiger charge is -2.26. The summed E-state index contributed by atoms with van der Waals surface area (Å²) in [6.07, 6.45) is 9.76. The number of hydrogen-bond donors (Lipinski definition) is 1. The van der Waals surface area contributed by atoms with Gasteiger partial charge in [0.2, 0.25) is 0 Å². The van der Waals surface area contributed by atoms with Crippen LogP contribution in [0.15, 0.2) is 12.1 Å². The molecular formula is C20H27N3OS. The number of likely N-dealkylation sites (tertiary alicyclic amines) is 1. The van der Waals surface area contributed by atoms with Crippen molar-refractivity contribution in [3.05, 3.63) is 28.3 Å². The van der Waals surface area contributed by atoms with E-state index in [2.05, 4.69) is 16.3 Å². The van der Waals surface area contributed by atoms with E-state index >= 15 is 0 Å². The average molecular weight is 358 g/mol. The molecule has 1 aliphatic carbocycles. The number of carbonyl (C=O) groups excluding carboxylic acids is 1. The van der Waals surface area contributed by atoms with E-state index in [0.717, 1.165) is 47.4 Å². The minimum Gasteiger partial charge on any atom is -0.351 e. The van der Waals surface area contributed by atoms with E-state index in [9.17, 15) is 4.79 Å². The zero-order chi connectivity index (χ0) is 17.1. The molecule has 0 aromatic carbocycles. The number of hydrogen-bond acceptors (Lipinski definition) is 4. The first kappa shape index (κ1) is 17.0. The number of amides is 1. The van der Waals surface area contributed by atoms with Crippen molar-refractivity contribution in [3.63, 3.8) is 0 Å². The Kier molecular flexibility index (Phi) is 5.32. The van der Waals surface area contributed by atoms with E-state index in [1.54, 1.807) is 0 Å². The third-order valence-electron chi connectivity index (χ3n) is 5.40. The molecule has 5 heteroatoms. The topological polar surface area (TPSA) is 45.2 Å². The van der Waals surface area contributed by atoms with Gasteiger partial charge in [-0.25, -0.2) is 4.98 Å². The highest BCUT2D eigenvalue weighted by molar-refractivity contribution is 7.20.